The molecule has 0 aliphatic heterocycles. The number of nitrogens with one attached hydrogen (secondary N) is 1. The number of hydrogen-bond donors (Lipinski definition) is 1. The van der Waals surface area contributed by atoms with Crippen molar-refractivity contribution in [2.45, 2.75) is 12.7 Å². The zero-order chi connectivity index (χ0) is 21.6. The highest BCUT2D eigenvalue weighted by molar-refractivity contribution is 7.89. The van der Waals surface area contributed by atoms with Gasteiger partial charge in [-0.1, -0.05) is 12.1 Å². The predicted molar refractivity (Wildman–Crippen MR) is 117 cm³/mol. The van der Waals surface area contributed by atoms with Crippen molar-refractivity contribution in [3.05, 3.63) is 83.9 Å². The lowest BCUT2D eigenvalue weighted by Crippen LogP contribution is -2.12. The summed E-state index contributed by atoms with van der Waals surface area (Å²) in [6.45, 7) is 2.53. The molecule has 0 unspecified atom stereocenters. The highest BCUT2D eigenvalue weighted by atomic mass is 32.2. The molecule has 0 fully saturated rings. The van der Waals surface area contributed by atoms with E-state index in [1.807, 2.05) is 31.2 Å². The normalized spacial score (nSPS) is 11.0. The van der Waals surface area contributed by atoms with Gasteiger partial charge in [0.25, 0.3) is 5.91 Å². The summed E-state index contributed by atoms with van der Waals surface area (Å²) in [4.78, 5) is 12.5. The molecule has 1 N–H and O–H groups in total. The molecular formula is C23H23NO5S. The van der Waals surface area contributed by atoms with Crippen molar-refractivity contribution in [2.24, 2.45) is 0 Å². The zero-order valence-electron chi connectivity index (χ0n) is 16.8. The summed E-state index contributed by atoms with van der Waals surface area (Å²) in [5, 5.41) is 2.80. The number of benzene rings is 3. The lowest BCUT2D eigenvalue weighted by atomic mass is 10.1. The van der Waals surface area contributed by atoms with Crippen molar-refractivity contribution < 1.29 is 22.7 Å². The van der Waals surface area contributed by atoms with Crippen LogP contribution >= 0.6 is 0 Å². The van der Waals surface area contributed by atoms with E-state index in [0.717, 1.165) is 12.0 Å². The highest BCUT2D eigenvalue weighted by Crippen LogP contribution is 2.25. The molecule has 156 valence electrons. The Kier molecular flexibility index (Phi) is 6.74. The fraction of sp³-hybridized carbons (Fsp3) is 0.174. The molecule has 0 aliphatic carbocycles. The fourth-order valence-corrected chi connectivity index (χ4v) is 3.61. The van der Waals surface area contributed by atoms with Crippen LogP contribution in [0.5, 0.6) is 17.2 Å². The van der Waals surface area contributed by atoms with Gasteiger partial charge in [-0.05, 0) is 73.2 Å². The summed E-state index contributed by atoms with van der Waals surface area (Å²) in [5.74, 6) is 1.67. The van der Waals surface area contributed by atoms with Crippen LogP contribution in [-0.4, -0.2) is 27.2 Å². The van der Waals surface area contributed by atoms with E-state index >= 15 is 0 Å². The maximum Gasteiger partial charge on any atom is 0.255 e. The van der Waals surface area contributed by atoms with Crippen molar-refractivity contribution in [3.8, 4) is 17.2 Å². The first-order valence-corrected chi connectivity index (χ1v) is 11.5. The maximum atomic E-state index is 12.5. The molecule has 0 saturated carbocycles. The van der Waals surface area contributed by atoms with Crippen molar-refractivity contribution in [1.29, 1.82) is 0 Å². The van der Waals surface area contributed by atoms with Gasteiger partial charge >= 0.3 is 0 Å². The first kappa shape index (κ1) is 21.4. The van der Waals surface area contributed by atoms with Crippen molar-refractivity contribution in [1.82, 2.24) is 0 Å². The Morgan fingerprint density at radius 3 is 2.10 bits per heavy atom. The minimum absolute atomic E-state index is 0.105. The third-order valence-corrected chi connectivity index (χ3v) is 4.96. The Bertz CT molecular complexity index is 1110. The quantitative estimate of drug-likeness (QED) is 0.567. The second-order valence-corrected chi connectivity index (χ2v) is 8.90. The van der Waals surface area contributed by atoms with Crippen LogP contribution in [0.4, 0.5) is 5.69 Å². The van der Waals surface area contributed by atoms with Crippen LogP contribution in [0.25, 0.3) is 0 Å². The van der Waals surface area contributed by atoms with Gasteiger partial charge in [-0.15, -0.1) is 0 Å². The molecule has 0 radical (unpaired) electrons. The summed E-state index contributed by atoms with van der Waals surface area (Å²) in [6, 6.07) is 20.9. The lowest BCUT2D eigenvalue weighted by Gasteiger charge is -2.09. The number of anilines is 1. The Morgan fingerprint density at radius 2 is 1.50 bits per heavy atom. The van der Waals surface area contributed by atoms with Gasteiger partial charge in [0.1, 0.15) is 17.2 Å². The summed E-state index contributed by atoms with van der Waals surface area (Å²) in [7, 11) is -3.17. The van der Waals surface area contributed by atoms with E-state index < -0.39 is 9.84 Å². The summed E-state index contributed by atoms with van der Waals surface area (Å²) < 4.78 is 34.1. The SMILES string of the molecule is CCOc1ccc(Oc2ccc(NC(=O)c3cccc(CS(C)(=O)=O)c3)cc2)cc1. The number of amides is 1. The van der Waals surface area contributed by atoms with Crippen LogP contribution in [0.2, 0.25) is 0 Å². The summed E-state index contributed by atoms with van der Waals surface area (Å²) in [6.07, 6.45) is 1.16. The highest BCUT2D eigenvalue weighted by Gasteiger charge is 2.10. The van der Waals surface area contributed by atoms with Crippen LogP contribution in [0, 0.1) is 0 Å². The first-order valence-electron chi connectivity index (χ1n) is 9.41. The van der Waals surface area contributed by atoms with Crippen LogP contribution in [0.15, 0.2) is 72.8 Å². The van der Waals surface area contributed by atoms with E-state index in [2.05, 4.69) is 5.32 Å². The van der Waals surface area contributed by atoms with Crippen molar-refractivity contribution in [3.63, 3.8) is 0 Å². The molecule has 6 nitrogen and oxygen atoms in total. The molecule has 0 aliphatic rings. The van der Waals surface area contributed by atoms with Gasteiger partial charge in [0.15, 0.2) is 9.84 Å². The molecule has 0 atom stereocenters. The van der Waals surface area contributed by atoms with E-state index in [9.17, 15) is 13.2 Å². The van der Waals surface area contributed by atoms with Crippen molar-refractivity contribution in [2.75, 3.05) is 18.2 Å². The van der Waals surface area contributed by atoms with E-state index in [4.69, 9.17) is 9.47 Å². The topological polar surface area (TPSA) is 81.7 Å². The van der Waals surface area contributed by atoms with Crippen LogP contribution in [-0.2, 0) is 15.6 Å². The molecule has 3 aromatic rings. The smallest absolute Gasteiger partial charge is 0.255 e. The molecule has 0 spiro atoms. The van der Waals surface area contributed by atoms with E-state index in [-0.39, 0.29) is 11.7 Å². The van der Waals surface area contributed by atoms with E-state index in [0.29, 0.717) is 34.9 Å². The molecule has 3 rings (SSSR count). The van der Waals surface area contributed by atoms with Gasteiger partial charge in [0.2, 0.25) is 0 Å². The molecular weight excluding hydrogens is 402 g/mol. The average Bonchev–Trinajstić information content (AvgIpc) is 2.70. The van der Waals surface area contributed by atoms with Crippen LogP contribution in [0.3, 0.4) is 0 Å². The van der Waals surface area contributed by atoms with Gasteiger partial charge in [-0.2, -0.15) is 0 Å². The maximum absolute atomic E-state index is 12.5. The van der Waals surface area contributed by atoms with Gasteiger partial charge in [-0.3, -0.25) is 4.79 Å². The summed E-state index contributed by atoms with van der Waals surface area (Å²) >= 11 is 0. The molecule has 0 bridgehead atoms. The molecule has 1 amide bonds. The van der Waals surface area contributed by atoms with E-state index in [1.165, 1.54) is 0 Å². The predicted octanol–water partition coefficient (Wildman–Crippen LogP) is 4.67. The molecule has 7 heteroatoms. The number of ether oxygens (including phenoxy) is 2. The average molecular weight is 426 g/mol. The molecule has 0 heterocycles. The molecule has 0 saturated heterocycles. The first-order chi connectivity index (χ1) is 14.3. The Hall–Kier alpha value is -3.32. The Morgan fingerprint density at radius 1 is 0.900 bits per heavy atom. The van der Waals surface area contributed by atoms with E-state index in [1.54, 1.807) is 48.5 Å². The molecule has 30 heavy (non-hydrogen) atoms. The number of sulfone groups is 1. The van der Waals surface area contributed by atoms with Crippen LogP contribution in [0.1, 0.15) is 22.8 Å². The third kappa shape index (κ3) is 6.35. The van der Waals surface area contributed by atoms with Gasteiger partial charge in [0, 0.05) is 17.5 Å². The standard InChI is InChI=1S/C23H23NO5S/c1-3-28-20-11-13-22(14-12-20)29-21-9-7-19(8-10-21)24-23(25)18-6-4-5-17(15-18)16-30(2,26)27/h4-15H,3,16H2,1-2H3,(H,24,25). The second-order valence-electron chi connectivity index (χ2n) is 6.76. The second kappa shape index (κ2) is 9.45. The number of hydrogen-bond acceptors (Lipinski definition) is 5. The number of carbonyl (C=O) groups is 1. The van der Waals surface area contributed by atoms with Gasteiger partial charge < -0.3 is 14.8 Å². The monoisotopic (exact) mass is 425 g/mol. The van der Waals surface area contributed by atoms with Gasteiger partial charge in [-0.25, -0.2) is 8.42 Å². The zero-order valence-corrected chi connectivity index (χ0v) is 17.6. The summed E-state index contributed by atoms with van der Waals surface area (Å²) in [5.41, 5.74) is 1.57. The Balaban J connectivity index is 1.62. The molecule has 0 aromatic heterocycles. The minimum Gasteiger partial charge on any atom is -0.494 e. The number of carbonyl (C=O) groups excluding carboxylic acids is 1. The van der Waals surface area contributed by atoms with Crippen LogP contribution < -0.4 is 14.8 Å². The number of rotatable bonds is 8. The third-order valence-electron chi connectivity index (χ3n) is 4.10. The van der Waals surface area contributed by atoms with Crippen molar-refractivity contribution >= 4 is 21.4 Å². The Labute approximate surface area is 176 Å². The lowest BCUT2D eigenvalue weighted by molar-refractivity contribution is 0.102. The van der Waals surface area contributed by atoms with Gasteiger partial charge in [0.05, 0.1) is 12.4 Å². The fourth-order valence-electron chi connectivity index (χ4n) is 2.82. The molecule has 3 aromatic carbocycles. The minimum atomic E-state index is -3.17. The largest absolute Gasteiger partial charge is 0.494 e.